The van der Waals surface area contributed by atoms with Crippen molar-refractivity contribution in [3.05, 3.63) is 41.3 Å². The Balaban J connectivity index is 0.000000364. The first-order chi connectivity index (χ1) is 17.1. The molecule has 1 aromatic carbocycles. The average Bonchev–Trinajstić information content (AvgIpc) is 2.78. The van der Waals surface area contributed by atoms with E-state index in [0.29, 0.717) is 11.3 Å². The number of aryl methyl sites for hydroxylation is 1. The van der Waals surface area contributed by atoms with Crippen molar-refractivity contribution in [3.63, 3.8) is 0 Å². The molecule has 14 heteroatoms. The number of nitrogens with zero attached hydrogens (tertiary/aromatic N) is 1. The molecule has 0 radical (unpaired) electrons. The van der Waals surface area contributed by atoms with Crippen LogP contribution in [0.2, 0.25) is 0 Å². The number of nitrogens with two attached hydrogens (primary N) is 1. The summed E-state index contributed by atoms with van der Waals surface area (Å²) in [5.41, 5.74) is 6.62. The summed E-state index contributed by atoms with van der Waals surface area (Å²) in [7, 11) is -2.52. The molecule has 12 nitrogen and oxygen atoms in total. The van der Waals surface area contributed by atoms with Crippen LogP contribution in [0.1, 0.15) is 33.3 Å². The van der Waals surface area contributed by atoms with Crippen molar-refractivity contribution in [1.29, 1.82) is 0 Å². The fourth-order valence-electron chi connectivity index (χ4n) is 3.00. The summed E-state index contributed by atoms with van der Waals surface area (Å²) in [5.74, 6) is -0.282. The van der Waals surface area contributed by atoms with Crippen LogP contribution >= 0.6 is 11.8 Å². The number of β-lactam (4-membered cyclic amide) rings is 1. The Bertz CT molecular complexity index is 1140. The van der Waals surface area contributed by atoms with Crippen molar-refractivity contribution in [1.82, 2.24) is 4.90 Å². The van der Waals surface area contributed by atoms with Gasteiger partial charge >= 0.3 is 12.1 Å². The van der Waals surface area contributed by atoms with E-state index in [9.17, 15) is 22.8 Å². The van der Waals surface area contributed by atoms with Crippen LogP contribution in [0.15, 0.2) is 40.6 Å². The van der Waals surface area contributed by atoms with Crippen LogP contribution in [0.5, 0.6) is 0 Å². The van der Waals surface area contributed by atoms with Crippen LogP contribution in [0, 0.1) is 12.3 Å². The number of hydrogen-bond acceptors (Lipinski definition) is 11. The van der Waals surface area contributed by atoms with E-state index in [1.165, 1.54) is 42.8 Å². The summed E-state index contributed by atoms with van der Waals surface area (Å²) in [5, 5.41) is -0.290. The lowest BCUT2D eigenvalue weighted by molar-refractivity contribution is -0.177. The molecule has 1 fully saturated rings. The molecule has 0 aliphatic carbocycles. The lowest BCUT2D eigenvalue weighted by Crippen LogP contribution is -2.68. The first-order valence-corrected chi connectivity index (χ1v) is 13.6. The van der Waals surface area contributed by atoms with E-state index in [1.54, 1.807) is 32.9 Å². The van der Waals surface area contributed by atoms with Gasteiger partial charge in [0.2, 0.25) is 18.1 Å². The minimum atomic E-state index is -4.02. The monoisotopic (exact) mass is 560 g/mol. The van der Waals surface area contributed by atoms with E-state index in [4.69, 9.17) is 29.2 Å². The number of carbonyl (C=O) groups excluding carboxylic acids is 3. The zero-order valence-corrected chi connectivity index (χ0v) is 23.1. The van der Waals surface area contributed by atoms with Gasteiger partial charge in [-0.1, -0.05) is 17.7 Å². The molecule has 2 aliphatic heterocycles. The van der Waals surface area contributed by atoms with E-state index in [-0.39, 0.29) is 28.7 Å². The van der Waals surface area contributed by atoms with Crippen LogP contribution in [-0.2, 0) is 38.7 Å². The number of fused-ring (bicyclic) bond motifs is 1. The average molecular weight is 561 g/mol. The number of rotatable bonds is 6. The Morgan fingerprint density at radius 3 is 2.32 bits per heavy atom. The fraction of sp³-hybridized carbons (Fsp3) is 0.522. The number of esters is 1. The minimum Gasteiger partial charge on any atom is -0.425 e. The molecule has 2 heterocycles. The van der Waals surface area contributed by atoms with Gasteiger partial charge < -0.3 is 24.7 Å². The van der Waals surface area contributed by atoms with E-state index in [1.807, 2.05) is 6.92 Å². The first kappa shape index (κ1) is 30.6. The van der Waals surface area contributed by atoms with Gasteiger partial charge in [0.25, 0.3) is 10.1 Å². The molecule has 2 aliphatic rings. The zero-order chi connectivity index (χ0) is 28.1. The highest BCUT2D eigenvalue weighted by atomic mass is 32.2. The van der Waals surface area contributed by atoms with Gasteiger partial charge in [0.05, 0.1) is 16.9 Å². The van der Waals surface area contributed by atoms with Gasteiger partial charge in [0, 0.05) is 25.4 Å². The van der Waals surface area contributed by atoms with Crippen molar-refractivity contribution in [2.45, 2.75) is 57.2 Å². The van der Waals surface area contributed by atoms with E-state index in [0.717, 1.165) is 5.56 Å². The van der Waals surface area contributed by atoms with Gasteiger partial charge in [-0.3, -0.25) is 19.0 Å². The van der Waals surface area contributed by atoms with Gasteiger partial charge in [0.15, 0.2) is 0 Å². The number of ether oxygens (including phenoxy) is 4. The number of benzene rings is 1. The van der Waals surface area contributed by atoms with Crippen molar-refractivity contribution < 1.29 is 46.3 Å². The maximum atomic E-state index is 12.1. The molecule has 2 unspecified atom stereocenters. The molecular weight excluding hydrogens is 528 g/mol. The Morgan fingerprint density at radius 1 is 1.22 bits per heavy atom. The standard InChI is InChI=1S/C16H24N2O7S.C7H8O3S/c1-8(23-14(20)16(2,3)4)24-15(21)25-12-9(6-22-5)7-26-13-10(17)11(19)18(12)13;1-6-2-4-7(5-3-6)11(8,9)10/h8,10,13H,6-7,17H2,1-5H3;2-5H,1H3,(H,8,9,10)/t8?,10?,13-;/m0./s1. The lowest BCUT2D eigenvalue weighted by atomic mass is 9.97. The largest absolute Gasteiger partial charge is 0.518 e. The summed E-state index contributed by atoms with van der Waals surface area (Å²) in [6.45, 7) is 8.48. The summed E-state index contributed by atoms with van der Waals surface area (Å²) in [6.07, 6.45) is -2.22. The molecule has 1 aromatic rings. The molecule has 0 saturated carbocycles. The molecule has 0 aromatic heterocycles. The SMILES string of the molecule is COCC1=C(OC(=O)OC(C)OC(=O)C(C)(C)C)N2C(=O)C(N)[C@@H]2SC1.Cc1ccc(S(=O)(=O)O)cc1. The summed E-state index contributed by atoms with van der Waals surface area (Å²) in [4.78, 5) is 37.2. The molecule has 0 bridgehead atoms. The number of amides is 1. The third-order valence-corrected chi connectivity index (χ3v) is 7.23. The predicted octanol–water partition coefficient (Wildman–Crippen LogP) is 2.42. The molecule has 1 amide bonds. The predicted molar refractivity (Wildman–Crippen MR) is 134 cm³/mol. The molecule has 3 N–H and O–H groups in total. The third-order valence-electron chi connectivity index (χ3n) is 5.00. The van der Waals surface area contributed by atoms with Crippen LogP contribution in [0.3, 0.4) is 0 Å². The van der Waals surface area contributed by atoms with Crippen molar-refractivity contribution in [3.8, 4) is 0 Å². The Labute approximate surface area is 220 Å². The molecule has 206 valence electrons. The van der Waals surface area contributed by atoms with Gasteiger partial charge in [-0.05, 0) is 39.8 Å². The molecular formula is C23H32N2O10S2. The summed E-state index contributed by atoms with van der Waals surface area (Å²) < 4.78 is 49.9. The molecule has 37 heavy (non-hydrogen) atoms. The minimum absolute atomic E-state index is 0.0666. The first-order valence-electron chi connectivity index (χ1n) is 11.1. The summed E-state index contributed by atoms with van der Waals surface area (Å²) >= 11 is 1.47. The highest BCUT2D eigenvalue weighted by molar-refractivity contribution is 8.00. The zero-order valence-electron chi connectivity index (χ0n) is 21.4. The van der Waals surface area contributed by atoms with Crippen molar-refractivity contribution in [2.75, 3.05) is 19.5 Å². The highest BCUT2D eigenvalue weighted by Crippen LogP contribution is 2.39. The quantitative estimate of drug-likeness (QED) is 0.226. The van der Waals surface area contributed by atoms with Crippen molar-refractivity contribution in [2.24, 2.45) is 11.1 Å². The van der Waals surface area contributed by atoms with Crippen LogP contribution in [-0.4, -0.2) is 73.1 Å². The second-order valence-corrected chi connectivity index (χ2v) is 11.8. The normalized spacial score (nSPS) is 20.1. The molecule has 3 rings (SSSR count). The Hall–Kier alpha value is -2.65. The van der Waals surface area contributed by atoms with Gasteiger partial charge in [0.1, 0.15) is 11.4 Å². The molecule has 1 saturated heterocycles. The maximum absolute atomic E-state index is 12.1. The number of thioether (sulfide) groups is 1. The Kier molecular flexibility index (Phi) is 10.1. The molecule has 0 spiro atoms. The number of methoxy groups -OCH3 is 1. The molecule has 3 atom stereocenters. The number of hydrogen-bond donors (Lipinski definition) is 2. The van der Waals surface area contributed by atoms with E-state index in [2.05, 4.69) is 0 Å². The second kappa shape index (κ2) is 12.3. The van der Waals surface area contributed by atoms with Gasteiger partial charge in [-0.2, -0.15) is 8.42 Å². The van der Waals surface area contributed by atoms with E-state index >= 15 is 0 Å². The third kappa shape index (κ3) is 8.17. The van der Waals surface area contributed by atoms with E-state index < -0.39 is 40.0 Å². The maximum Gasteiger partial charge on any atom is 0.518 e. The van der Waals surface area contributed by atoms with Crippen molar-refractivity contribution >= 4 is 39.9 Å². The van der Waals surface area contributed by atoms with Gasteiger partial charge in [-0.25, -0.2) is 4.79 Å². The van der Waals surface area contributed by atoms with Crippen LogP contribution in [0.4, 0.5) is 4.79 Å². The summed E-state index contributed by atoms with van der Waals surface area (Å²) in [6, 6.07) is 5.35. The fourth-order valence-corrected chi connectivity index (χ4v) is 4.73. The van der Waals surface area contributed by atoms with Crippen LogP contribution < -0.4 is 5.73 Å². The highest BCUT2D eigenvalue weighted by Gasteiger charge is 2.51. The Morgan fingerprint density at radius 2 is 1.81 bits per heavy atom. The van der Waals surface area contributed by atoms with Gasteiger partial charge in [-0.15, -0.1) is 11.8 Å². The smallest absolute Gasteiger partial charge is 0.425 e. The lowest BCUT2D eigenvalue weighted by Gasteiger charge is -2.47. The number of carbonyl (C=O) groups is 3. The second-order valence-electron chi connectivity index (χ2n) is 9.26. The van der Waals surface area contributed by atoms with Crippen LogP contribution in [0.25, 0.3) is 0 Å². The topological polar surface area (TPSA) is 172 Å².